The number of halogens is 1. The van der Waals surface area contributed by atoms with E-state index >= 15 is 0 Å². The third kappa shape index (κ3) is 2.68. The Morgan fingerprint density at radius 2 is 2.30 bits per heavy atom. The summed E-state index contributed by atoms with van der Waals surface area (Å²) >= 11 is 0. The molecule has 0 saturated heterocycles. The van der Waals surface area contributed by atoms with Crippen LogP contribution in [-0.4, -0.2) is 25.8 Å². The number of aromatic carboxylic acids is 1. The summed E-state index contributed by atoms with van der Waals surface area (Å²) in [4.78, 5) is 11.0. The van der Waals surface area contributed by atoms with E-state index in [-0.39, 0.29) is 23.5 Å². The molecule has 0 aliphatic rings. The molecule has 2 rings (SSSR count). The molecular weight excluding hydrogens is 265 g/mol. The van der Waals surface area contributed by atoms with Gasteiger partial charge in [-0.1, -0.05) is 0 Å². The summed E-state index contributed by atoms with van der Waals surface area (Å²) in [7, 11) is 0. The van der Waals surface area contributed by atoms with E-state index in [2.05, 4.69) is 15.5 Å². The van der Waals surface area contributed by atoms with E-state index < -0.39 is 11.8 Å². The molecule has 106 valence electrons. The average molecular weight is 279 g/mol. The maximum atomic E-state index is 13.7. The predicted octanol–water partition coefficient (Wildman–Crippen LogP) is 1.33. The van der Waals surface area contributed by atoms with Gasteiger partial charge in [0.1, 0.15) is 12.1 Å². The Hall–Kier alpha value is -2.64. The third-order valence-corrected chi connectivity index (χ3v) is 2.84. The van der Waals surface area contributed by atoms with Crippen LogP contribution in [0, 0.1) is 5.82 Å². The topological polar surface area (TPSA) is 106 Å². The zero-order valence-corrected chi connectivity index (χ0v) is 10.8. The number of benzene rings is 1. The van der Waals surface area contributed by atoms with Crippen LogP contribution >= 0.6 is 0 Å². The smallest absolute Gasteiger partial charge is 0.337 e. The number of aromatic nitrogens is 3. The summed E-state index contributed by atoms with van der Waals surface area (Å²) in [6.07, 6.45) is 1.57. The second-order valence-corrected chi connectivity index (χ2v) is 4.11. The Morgan fingerprint density at radius 1 is 1.55 bits per heavy atom. The maximum Gasteiger partial charge on any atom is 0.337 e. The molecule has 1 aromatic carbocycles. The van der Waals surface area contributed by atoms with Gasteiger partial charge in [0.05, 0.1) is 17.8 Å². The lowest BCUT2D eigenvalue weighted by atomic mass is 10.1. The number of aryl methyl sites for hydroxylation is 1. The van der Waals surface area contributed by atoms with E-state index in [9.17, 15) is 9.18 Å². The van der Waals surface area contributed by atoms with Crippen molar-refractivity contribution in [3.63, 3.8) is 0 Å². The normalized spacial score (nSPS) is 10.5. The fraction of sp³-hybridized carbons (Fsp3) is 0.250. The van der Waals surface area contributed by atoms with Crippen LogP contribution < -0.4 is 11.1 Å². The molecule has 4 N–H and O–H groups in total. The Balaban J connectivity index is 2.21. The molecule has 0 aliphatic heterocycles. The summed E-state index contributed by atoms with van der Waals surface area (Å²) in [5.74, 6) is -1.20. The van der Waals surface area contributed by atoms with E-state index in [4.69, 9.17) is 10.8 Å². The first kappa shape index (κ1) is 13.8. The van der Waals surface area contributed by atoms with Crippen molar-refractivity contribution in [1.82, 2.24) is 14.8 Å². The van der Waals surface area contributed by atoms with Gasteiger partial charge in [-0.3, -0.25) is 0 Å². The van der Waals surface area contributed by atoms with Crippen molar-refractivity contribution < 1.29 is 14.3 Å². The summed E-state index contributed by atoms with van der Waals surface area (Å²) in [5, 5.41) is 19.4. The average Bonchev–Trinajstić information content (AvgIpc) is 2.84. The van der Waals surface area contributed by atoms with Crippen molar-refractivity contribution in [2.24, 2.45) is 0 Å². The molecule has 0 unspecified atom stereocenters. The number of hydrogen-bond donors (Lipinski definition) is 3. The molecule has 8 heteroatoms. The van der Waals surface area contributed by atoms with Crippen LogP contribution in [0.2, 0.25) is 0 Å². The van der Waals surface area contributed by atoms with Crippen LogP contribution in [0.3, 0.4) is 0 Å². The van der Waals surface area contributed by atoms with Gasteiger partial charge >= 0.3 is 5.97 Å². The standard InChI is InChI=1S/C12H14FN5O2/c1-2-18-6-16-17-11(18)5-15-10-3-7(12(19)20)9(14)4-8(10)13/h3-4,6,15H,2,5,14H2,1H3,(H,19,20). The number of carboxylic acids is 1. The van der Waals surface area contributed by atoms with Crippen molar-refractivity contribution in [3.05, 3.63) is 35.7 Å². The van der Waals surface area contributed by atoms with E-state index in [0.717, 1.165) is 6.07 Å². The number of anilines is 2. The minimum atomic E-state index is -1.21. The highest BCUT2D eigenvalue weighted by Gasteiger charge is 2.13. The Labute approximate surface area is 114 Å². The molecule has 1 aromatic heterocycles. The van der Waals surface area contributed by atoms with Crippen molar-refractivity contribution >= 4 is 17.3 Å². The molecule has 0 saturated carbocycles. The Morgan fingerprint density at radius 3 is 2.95 bits per heavy atom. The van der Waals surface area contributed by atoms with Crippen molar-refractivity contribution in [2.45, 2.75) is 20.0 Å². The number of nitrogens with two attached hydrogens (primary N) is 1. The number of nitrogen functional groups attached to an aromatic ring is 1. The molecule has 0 atom stereocenters. The van der Waals surface area contributed by atoms with Gasteiger partial charge in [-0.25, -0.2) is 9.18 Å². The zero-order valence-electron chi connectivity index (χ0n) is 10.8. The van der Waals surface area contributed by atoms with Gasteiger partial charge in [0.15, 0.2) is 5.82 Å². The molecule has 0 amide bonds. The fourth-order valence-electron chi connectivity index (χ4n) is 1.76. The highest BCUT2D eigenvalue weighted by atomic mass is 19.1. The number of nitrogens with zero attached hydrogens (tertiary/aromatic N) is 3. The van der Waals surface area contributed by atoms with Crippen LogP contribution in [-0.2, 0) is 13.1 Å². The van der Waals surface area contributed by atoms with E-state index in [1.807, 2.05) is 6.92 Å². The van der Waals surface area contributed by atoms with Crippen molar-refractivity contribution in [3.8, 4) is 0 Å². The lowest BCUT2D eigenvalue weighted by Gasteiger charge is -2.10. The molecule has 7 nitrogen and oxygen atoms in total. The van der Waals surface area contributed by atoms with Gasteiger partial charge in [-0.05, 0) is 19.1 Å². The van der Waals surface area contributed by atoms with Crippen LogP contribution in [0.1, 0.15) is 23.1 Å². The van der Waals surface area contributed by atoms with Crippen molar-refractivity contribution in [1.29, 1.82) is 0 Å². The quantitative estimate of drug-likeness (QED) is 0.713. The maximum absolute atomic E-state index is 13.7. The number of carbonyl (C=O) groups is 1. The number of nitrogens with one attached hydrogen (secondary N) is 1. The van der Waals surface area contributed by atoms with Gasteiger partial charge in [0, 0.05) is 12.2 Å². The van der Waals surface area contributed by atoms with Gasteiger partial charge in [-0.15, -0.1) is 10.2 Å². The van der Waals surface area contributed by atoms with Crippen LogP contribution in [0.4, 0.5) is 15.8 Å². The molecule has 20 heavy (non-hydrogen) atoms. The first-order valence-corrected chi connectivity index (χ1v) is 5.95. The monoisotopic (exact) mass is 279 g/mol. The second-order valence-electron chi connectivity index (χ2n) is 4.11. The largest absolute Gasteiger partial charge is 0.478 e. The highest BCUT2D eigenvalue weighted by molar-refractivity contribution is 5.94. The minimum Gasteiger partial charge on any atom is -0.478 e. The minimum absolute atomic E-state index is 0.0576. The highest BCUT2D eigenvalue weighted by Crippen LogP contribution is 2.22. The summed E-state index contributed by atoms with van der Waals surface area (Å²) in [6.45, 7) is 2.85. The number of carboxylic acid groups (broad SMARTS) is 1. The van der Waals surface area contributed by atoms with E-state index in [0.29, 0.717) is 12.4 Å². The molecule has 0 bridgehead atoms. The van der Waals surface area contributed by atoms with Gasteiger partial charge < -0.3 is 20.7 Å². The summed E-state index contributed by atoms with van der Waals surface area (Å²) in [5.41, 5.74) is 5.25. The van der Waals surface area contributed by atoms with Gasteiger partial charge in [-0.2, -0.15) is 0 Å². The molecule has 0 fully saturated rings. The van der Waals surface area contributed by atoms with Gasteiger partial charge in [0.2, 0.25) is 0 Å². The van der Waals surface area contributed by atoms with Crippen molar-refractivity contribution in [2.75, 3.05) is 11.1 Å². The molecule has 2 aromatic rings. The molecular formula is C12H14FN5O2. The summed E-state index contributed by atoms with van der Waals surface area (Å²) < 4.78 is 15.5. The molecule has 1 heterocycles. The SMILES string of the molecule is CCn1cnnc1CNc1cc(C(=O)O)c(N)cc1F. The molecule has 0 spiro atoms. The number of rotatable bonds is 5. The van der Waals surface area contributed by atoms with Crippen LogP contribution in [0.15, 0.2) is 18.5 Å². The predicted molar refractivity (Wildman–Crippen MR) is 70.8 cm³/mol. The first-order chi connectivity index (χ1) is 9.52. The molecule has 0 radical (unpaired) electrons. The fourth-order valence-corrected chi connectivity index (χ4v) is 1.76. The lowest BCUT2D eigenvalue weighted by Crippen LogP contribution is -2.10. The number of hydrogen-bond acceptors (Lipinski definition) is 5. The Bertz CT molecular complexity index is 641. The third-order valence-electron chi connectivity index (χ3n) is 2.84. The lowest BCUT2D eigenvalue weighted by molar-refractivity contribution is 0.0698. The van der Waals surface area contributed by atoms with Gasteiger partial charge in [0.25, 0.3) is 0 Å². The zero-order chi connectivity index (χ0) is 14.7. The van der Waals surface area contributed by atoms with Crippen LogP contribution in [0.5, 0.6) is 0 Å². The Kier molecular flexibility index (Phi) is 3.83. The first-order valence-electron chi connectivity index (χ1n) is 5.95. The van der Waals surface area contributed by atoms with Crippen LogP contribution in [0.25, 0.3) is 0 Å². The van der Waals surface area contributed by atoms with E-state index in [1.165, 1.54) is 6.07 Å². The van der Waals surface area contributed by atoms with E-state index in [1.54, 1.807) is 10.9 Å². The molecule has 0 aliphatic carbocycles. The second kappa shape index (κ2) is 5.55. The summed E-state index contributed by atoms with van der Waals surface area (Å²) in [6, 6.07) is 2.15.